The van der Waals surface area contributed by atoms with Gasteiger partial charge in [0.25, 0.3) is 5.91 Å². The number of benzene rings is 2. The van der Waals surface area contributed by atoms with Crippen molar-refractivity contribution >= 4 is 50.1 Å². The molecule has 0 radical (unpaired) electrons. The van der Waals surface area contributed by atoms with Gasteiger partial charge in [-0.15, -0.1) is 0 Å². The first-order valence-corrected chi connectivity index (χ1v) is 7.53. The highest BCUT2D eigenvalue weighted by atomic mass is 127. The number of nitrogens with two attached hydrogens (primary N) is 1. The van der Waals surface area contributed by atoms with E-state index in [0.717, 1.165) is 19.3 Å². The summed E-state index contributed by atoms with van der Waals surface area (Å²) in [6, 6.07) is 13.2. The Morgan fingerprint density at radius 1 is 1.26 bits per heavy atom. The molecule has 0 aromatic heterocycles. The van der Waals surface area contributed by atoms with E-state index in [0.29, 0.717) is 12.1 Å². The molecular formula is C14H12BrIN2O. The SMILES string of the molecule is NCc1ccccc1NC(=O)c1cc(I)ccc1Br. The fourth-order valence-electron chi connectivity index (χ4n) is 1.68. The van der Waals surface area contributed by atoms with E-state index in [4.69, 9.17) is 5.73 Å². The van der Waals surface area contributed by atoms with E-state index in [1.54, 1.807) is 0 Å². The van der Waals surface area contributed by atoms with E-state index in [9.17, 15) is 4.79 Å². The van der Waals surface area contributed by atoms with E-state index < -0.39 is 0 Å². The molecule has 0 spiro atoms. The van der Waals surface area contributed by atoms with Gasteiger partial charge in [-0.1, -0.05) is 18.2 Å². The van der Waals surface area contributed by atoms with Gasteiger partial charge >= 0.3 is 0 Å². The number of amides is 1. The predicted octanol–water partition coefficient (Wildman–Crippen LogP) is 3.76. The van der Waals surface area contributed by atoms with Gasteiger partial charge in [0.1, 0.15) is 0 Å². The van der Waals surface area contributed by atoms with Crippen molar-refractivity contribution in [3.8, 4) is 0 Å². The maximum absolute atomic E-state index is 12.3. The van der Waals surface area contributed by atoms with Crippen molar-refractivity contribution < 1.29 is 4.79 Å². The molecule has 3 N–H and O–H groups in total. The number of halogens is 2. The van der Waals surface area contributed by atoms with Gasteiger partial charge in [0, 0.05) is 20.3 Å². The average Bonchev–Trinajstić information content (AvgIpc) is 2.42. The third kappa shape index (κ3) is 3.55. The van der Waals surface area contributed by atoms with Crippen LogP contribution in [0.15, 0.2) is 46.9 Å². The van der Waals surface area contributed by atoms with Gasteiger partial charge in [-0.05, 0) is 68.3 Å². The Hall–Kier alpha value is -0.920. The predicted molar refractivity (Wildman–Crippen MR) is 89.1 cm³/mol. The highest BCUT2D eigenvalue weighted by molar-refractivity contribution is 14.1. The summed E-state index contributed by atoms with van der Waals surface area (Å²) in [7, 11) is 0. The van der Waals surface area contributed by atoms with Crippen LogP contribution in [0.5, 0.6) is 0 Å². The fourth-order valence-corrected chi connectivity index (χ4v) is 2.60. The van der Waals surface area contributed by atoms with E-state index in [-0.39, 0.29) is 5.91 Å². The Morgan fingerprint density at radius 3 is 2.74 bits per heavy atom. The Kier molecular flexibility index (Phi) is 4.95. The molecule has 3 nitrogen and oxygen atoms in total. The average molecular weight is 431 g/mol. The van der Waals surface area contributed by atoms with Gasteiger partial charge < -0.3 is 11.1 Å². The van der Waals surface area contributed by atoms with Crippen LogP contribution in [-0.4, -0.2) is 5.91 Å². The van der Waals surface area contributed by atoms with Gasteiger partial charge in [-0.25, -0.2) is 0 Å². The number of carbonyl (C=O) groups is 1. The third-order valence-corrected chi connectivity index (χ3v) is 4.02. The lowest BCUT2D eigenvalue weighted by Gasteiger charge is -2.10. The summed E-state index contributed by atoms with van der Waals surface area (Å²) in [5, 5.41) is 2.89. The van der Waals surface area contributed by atoms with Crippen LogP contribution in [0.3, 0.4) is 0 Å². The molecule has 0 unspecified atom stereocenters. The Labute approximate surface area is 133 Å². The van der Waals surface area contributed by atoms with Crippen molar-refractivity contribution in [2.75, 3.05) is 5.32 Å². The summed E-state index contributed by atoms with van der Waals surface area (Å²) in [4.78, 5) is 12.3. The van der Waals surface area contributed by atoms with Crippen LogP contribution in [-0.2, 0) is 6.54 Å². The zero-order valence-corrected chi connectivity index (χ0v) is 13.7. The van der Waals surface area contributed by atoms with Crippen LogP contribution in [0.4, 0.5) is 5.69 Å². The lowest BCUT2D eigenvalue weighted by molar-refractivity contribution is 0.102. The second-order valence-corrected chi connectivity index (χ2v) is 6.04. The number of carbonyl (C=O) groups excluding carboxylic acids is 1. The van der Waals surface area contributed by atoms with E-state index in [1.165, 1.54) is 0 Å². The summed E-state index contributed by atoms with van der Waals surface area (Å²) in [6.07, 6.45) is 0. The number of anilines is 1. The number of hydrogen-bond acceptors (Lipinski definition) is 2. The zero-order valence-electron chi connectivity index (χ0n) is 9.99. The highest BCUT2D eigenvalue weighted by Gasteiger charge is 2.12. The van der Waals surface area contributed by atoms with Gasteiger partial charge in [0.05, 0.1) is 5.56 Å². The Balaban J connectivity index is 2.28. The van der Waals surface area contributed by atoms with E-state index in [2.05, 4.69) is 43.8 Å². The Morgan fingerprint density at radius 2 is 2.00 bits per heavy atom. The molecule has 0 atom stereocenters. The van der Waals surface area contributed by atoms with Crippen LogP contribution < -0.4 is 11.1 Å². The first-order chi connectivity index (χ1) is 9.11. The van der Waals surface area contributed by atoms with Gasteiger partial charge in [0.2, 0.25) is 0 Å². The number of nitrogens with one attached hydrogen (secondary N) is 1. The Bertz CT molecular complexity index is 616. The molecule has 98 valence electrons. The summed E-state index contributed by atoms with van der Waals surface area (Å²) < 4.78 is 1.79. The van der Waals surface area contributed by atoms with Crippen molar-refractivity contribution in [3.05, 3.63) is 61.6 Å². The van der Waals surface area contributed by atoms with Gasteiger partial charge in [-0.3, -0.25) is 4.79 Å². The monoisotopic (exact) mass is 430 g/mol. The molecule has 0 aliphatic heterocycles. The summed E-state index contributed by atoms with van der Waals surface area (Å²) in [5.74, 6) is -0.147. The molecule has 1 amide bonds. The molecule has 5 heteroatoms. The first-order valence-electron chi connectivity index (χ1n) is 5.66. The van der Waals surface area contributed by atoms with Crippen LogP contribution in [0, 0.1) is 3.57 Å². The maximum Gasteiger partial charge on any atom is 0.256 e. The minimum absolute atomic E-state index is 0.147. The van der Waals surface area contributed by atoms with Gasteiger partial charge in [-0.2, -0.15) is 0 Å². The summed E-state index contributed by atoms with van der Waals surface area (Å²) in [6.45, 7) is 0.393. The molecule has 0 fully saturated rings. The maximum atomic E-state index is 12.3. The lowest BCUT2D eigenvalue weighted by Crippen LogP contribution is -2.15. The smallest absolute Gasteiger partial charge is 0.256 e. The van der Waals surface area contributed by atoms with Crippen molar-refractivity contribution in [2.45, 2.75) is 6.54 Å². The number of hydrogen-bond donors (Lipinski definition) is 2. The van der Waals surface area contributed by atoms with Crippen molar-refractivity contribution in [2.24, 2.45) is 5.73 Å². The fraction of sp³-hybridized carbons (Fsp3) is 0.0714. The molecule has 2 aromatic rings. The summed E-state index contributed by atoms with van der Waals surface area (Å²) in [5.41, 5.74) is 7.93. The third-order valence-electron chi connectivity index (χ3n) is 2.66. The largest absolute Gasteiger partial charge is 0.326 e. The number of rotatable bonds is 3. The van der Waals surface area contributed by atoms with E-state index in [1.807, 2.05) is 42.5 Å². The van der Waals surface area contributed by atoms with Crippen LogP contribution in [0.1, 0.15) is 15.9 Å². The minimum Gasteiger partial charge on any atom is -0.326 e. The standard InChI is InChI=1S/C14H12BrIN2O/c15-12-6-5-10(16)7-11(12)14(19)18-13-4-2-1-3-9(13)8-17/h1-7H,8,17H2,(H,18,19). The second kappa shape index (κ2) is 6.49. The first kappa shape index (κ1) is 14.5. The topological polar surface area (TPSA) is 55.1 Å². The van der Waals surface area contributed by atoms with E-state index >= 15 is 0 Å². The molecule has 0 saturated heterocycles. The quantitative estimate of drug-likeness (QED) is 0.728. The molecule has 0 saturated carbocycles. The molecule has 0 heterocycles. The molecular weight excluding hydrogens is 419 g/mol. The lowest BCUT2D eigenvalue weighted by atomic mass is 10.1. The molecule has 0 bridgehead atoms. The zero-order chi connectivity index (χ0) is 13.8. The highest BCUT2D eigenvalue weighted by Crippen LogP contribution is 2.22. The van der Waals surface area contributed by atoms with Crippen molar-refractivity contribution in [1.29, 1.82) is 0 Å². The van der Waals surface area contributed by atoms with Crippen LogP contribution in [0.2, 0.25) is 0 Å². The van der Waals surface area contributed by atoms with Crippen molar-refractivity contribution in [3.63, 3.8) is 0 Å². The summed E-state index contributed by atoms with van der Waals surface area (Å²) >= 11 is 5.57. The van der Waals surface area contributed by atoms with Gasteiger partial charge in [0.15, 0.2) is 0 Å². The van der Waals surface area contributed by atoms with Crippen LogP contribution >= 0.6 is 38.5 Å². The number of para-hydroxylation sites is 1. The minimum atomic E-state index is -0.147. The van der Waals surface area contributed by atoms with Crippen molar-refractivity contribution in [1.82, 2.24) is 0 Å². The molecule has 2 aromatic carbocycles. The second-order valence-electron chi connectivity index (χ2n) is 3.94. The normalized spacial score (nSPS) is 10.3. The van der Waals surface area contributed by atoms with Crippen LogP contribution in [0.25, 0.3) is 0 Å². The molecule has 0 aliphatic rings. The molecule has 19 heavy (non-hydrogen) atoms. The molecule has 0 aliphatic carbocycles. The molecule has 2 rings (SSSR count).